The number of H-pyrrole nitrogens is 1. The van der Waals surface area contributed by atoms with Gasteiger partial charge >= 0.3 is 0 Å². The molecule has 0 aliphatic carbocycles. The minimum atomic E-state index is -0.386. The van der Waals surface area contributed by atoms with E-state index in [1.807, 2.05) is 13.0 Å². The number of hydrogen-bond acceptors (Lipinski definition) is 3. The Kier molecular flexibility index (Phi) is 4.55. The van der Waals surface area contributed by atoms with Gasteiger partial charge in [0, 0.05) is 6.54 Å². The normalized spacial score (nSPS) is 12.4. The van der Waals surface area contributed by atoms with Gasteiger partial charge in [-0.3, -0.25) is 0 Å². The minimum absolute atomic E-state index is 0.170. The minimum Gasteiger partial charge on any atom is -0.491 e. The number of aromatic nitrogens is 2. The summed E-state index contributed by atoms with van der Waals surface area (Å²) in [5.74, 6) is 0.403. The predicted octanol–water partition coefficient (Wildman–Crippen LogP) is 2.80. The number of nitrogens with zero attached hydrogens (tertiary/aromatic N) is 1. The molecule has 0 spiro atoms. The van der Waals surface area contributed by atoms with Gasteiger partial charge in [-0.15, -0.1) is 0 Å². The van der Waals surface area contributed by atoms with Gasteiger partial charge in [0.2, 0.25) is 0 Å². The highest BCUT2D eigenvalue weighted by molar-refractivity contribution is 9.10. The zero-order chi connectivity index (χ0) is 13.8. The Balaban J connectivity index is 2.31. The van der Waals surface area contributed by atoms with Crippen LogP contribution in [0.1, 0.15) is 24.2 Å². The lowest BCUT2D eigenvalue weighted by Gasteiger charge is -2.14. The van der Waals surface area contributed by atoms with Crippen LogP contribution in [0, 0.1) is 5.82 Å². The summed E-state index contributed by atoms with van der Waals surface area (Å²) in [6.07, 6.45) is 1.66. The average Bonchev–Trinajstić information content (AvgIpc) is 2.80. The fourth-order valence-electron chi connectivity index (χ4n) is 1.90. The summed E-state index contributed by atoms with van der Waals surface area (Å²) in [6.45, 7) is 2.59. The van der Waals surface area contributed by atoms with E-state index in [0.717, 1.165) is 10.2 Å². The zero-order valence-corrected chi connectivity index (χ0v) is 12.1. The standard InChI is InChI=1S/C13H15BrFN3O/c1-2-19-11-4-3-8(5-10(11)15)9(6-16)13-17-7-12(14)18-13/h3-5,7,9H,2,6,16H2,1H3,(H,17,18). The van der Waals surface area contributed by atoms with E-state index in [9.17, 15) is 4.39 Å². The molecule has 0 aliphatic heterocycles. The van der Waals surface area contributed by atoms with Crippen molar-refractivity contribution in [2.75, 3.05) is 13.2 Å². The quantitative estimate of drug-likeness (QED) is 0.887. The molecule has 2 rings (SSSR count). The first-order valence-electron chi connectivity index (χ1n) is 5.98. The maximum absolute atomic E-state index is 13.8. The summed E-state index contributed by atoms with van der Waals surface area (Å²) in [4.78, 5) is 7.27. The van der Waals surface area contributed by atoms with E-state index in [2.05, 4.69) is 25.9 Å². The lowest BCUT2D eigenvalue weighted by atomic mass is 9.98. The fraction of sp³-hybridized carbons (Fsp3) is 0.308. The molecule has 102 valence electrons. The summed E-state index contributed by atoms with van der Waals surface area (Å²) < 4.78 is 19.8. The molecule has 2 aromatic rings. The molecule has 19 heavy (non-hydrogen) atoms. The largest absolute Gasteiger partial charge is 0.491 e. The molecule has 0 saturated carbocycles. The third-order valence-corrected chi connectivity index (χ3v) is 3.19. The second-order valence-electron chi connectivity index (χ2n) is 4.03. The van der Waals surface area contributed by atoms with Gasteiger partial charge in [-0.1, -0.05) is 6.07 Å². The molecule has 0 radical (unpaired) electrons. The van der Waals surface area contributed by atoms with E-state index in [1.54, 1.807) is 12.3 Å². The maximum Gasteiger partial charge on any atom is 0.165 e. The van der Waals surface area contributed by atoms with E-state index >= 15 is 0 Å². The fourth-order valence-corrected chi connectivity index (χ4v) is 2.21. The van der Waals surface area contributed by atoms with E-state index in [0.29, 0.717) is 19.0 Å². The second-order valence-corrected chi connectivity index (χ2v) is 4.88. The van der Waals surface area contributed by atoms with Crippen molar-refractivity contribution < 1.29 is 9.13 Å². The number of nitrogens with two attached hydrogens (primary N) is 1. The van der Waals surface area contributed by atoms with Crippen LogP contribution in [0.5, 0.6) is 5.75 Å². The van der Waals surface area contributed by atoms with E-state index in [4.69, 9.17) is 10.5 Å². The Morgan fingerprint density at radius 2 is 2.32 bits per heavy atom. The van der Waals surface area contributed by atoms with Gasteiger partial charge < -0.3 is 15.5 Å². The molecule has 0 aliphatic rings. The first-order chi connectivity index (χ1) is 9.15. The first kappa shape index (κ1) is 14.0. The molecule has 1 unspecified atom stereocenters. The Morgan fingerprint density at radius 3 is 2.84 bits per heavy atom. The molecule has 4 nitrogen and oxygen atoms in total. The number of aromatic amines is 1. The summed E-state index contributed by atoms with van der Waals surface area (Å²) in [6, 6.07) is 4.87. The lowest BCUT2D eigenvalue weighted by molar-refractivity contribution is 0.321. The van der Waals surface area contributed by atoms with Crippen LogP contribution >= 0.6 is 15.9 Å². The molecule has 1 aromatic heterocycles. The van der Waals surface area contributed by atoms with Crippen LogP contribution in [0.3, 0.4) is 0 Å². The Hall–Kier alpha value is -1.40. The van der Waals surface area contributed by atoms with Gasteiger partial charge in [-0.2, -0.15) is 0 Å². The molecule has 0 saturated heterocycles. The van der Waals surface area contributed by atoms with Gasteiger partial charge in [-0.25, -0.2) is 9.37 Å². The number of ether oxygens (including phenoxy) is 1. The summed E-state index contributed by atoms with van der Waals surface area (Å²) in [7, 11) is 0. The van der Waals surface area contributed by atoms with Crippen molar-refractivity contribution in [3.8, 4) is 5.75 Å². The van der Waals surface area contributed by atoms with Gasteiger partial charge in [0.15, 0.2) is 11.6 Å². The van der Waals surface area contributed by atoms with Crippen molar-refractivity contribution >= 4 is 15.9 Å². The number of rotatable bonds is 5. The van der Waals surface area contributed by atoms with Crippen LogP contribution < -0.4 is 10.5 Å². The Bertz CT molecular complexity index is 559. The van der Waals surface area contributed by atoms with Crippen LogP contribution in [0.15, 0.2) is 29.0 Å². The third kappa shape index (κ3) is 3.13. The molecule has 1 heterocycles. The highest BCUT2D eigenvalue weighted by Crippen LogP contribution is 2.26. The highest BCUT2D eigenvalue weighted by atomic mass is 79.9. The molecular formula is C13H15BrFN3O. The predicted molar refractivity (Wildman–Crippen MR) is 74.8 cm³/mol. The monoisotopic (exact) mass is 327 g/mol. The average molecular weight is 328 g/mol. The van der Waals surface area contributed by atoms with Crippen LogP contribution in [0.2, 0.25) is 0 Å². The molecule has 6 heteroatoms. The van der Waals surface area contributed by atoms with Gasteiger partial charge in [0.1, 0.15) is 10.4 Å². The van der Waals surface area contributed by atoms with Crippen LogP contribution in [-0.2, 0) is 0 Å². The molecule has 0 fully saturated rings. The van der Waals surface area contributed by atoms with Crippen LogP contribution in [0.4, 0.5) is 4.39 Å². The topological polar surface area (TPSA) is 63.9 Å². The highest BCUT2D eigenvalue weighted by Gasteiger charge is 2.17. The SMILES string of the molecule is CCOc1ccc(C(CN)c2ncc(Br)[nH]2)cc1F. The number of benzene rings is 1. The third-order valence-electron chi connectivity index (χ3n) is 2.79. The van der Waals surface area contributed by atoms with E-state index in [1.165, 1.54) is 6.07 Å². The molecule has 0 bridgehead atoms. The number of hydrogen-bond donors (Lipinski definition) is 2. The van der Waals surface area contributed by atoms with Crippen molar-refractivity contribution in [1.29, 1.82) is 0 Å². The summed E-state index contributed by atoms with van der Waals surface area (Å²) in [5.41, 5.74) is 6.53. The van der Waals surface area contributed by atoms with E-state index in [-0.39, 0.29) is 17.5 Å². The number of imidazole rings is 1. The van der Waals surface area contributed by atoms with Crippen molar-refractivity contribution in [2.45, 2.75) is 12.8 Å². The molecule has 3 N–H and O–H groups in total. The molecule has 1 atom stereocenters. The van der Waals surface area contributed by atoms with Gasteiger partial charge in [0.05, 0.1) is 18.7 Å². The smallest absolute Gasteiger partial charge is 0.165 e. The van der Waals surface area contributed by atoms with Crippen LogP contribution in [0.25, 0.3) is 0 Å². The van der Waals surface area contributed by atoms with E-state index < -0.39 is 0 Å². The van der Waals surface area contributed by atoms with Crippen LogP contribution in [-0.4, -0.2) is 23.1 Å². The number of halogens is 2. The maximum atomic E-state index is 13.8. The molecule has 0 amide bonds. The summed E-state index contributed by atoms with van der Waals surface area (Å²) in [5, 5.41) is 0. The molecular weight excluding hydrogens is 313 g/mol. The first-order valence-corrected chi connectivity index (χ1v) is 6.77. The summed E-state index contributed by atoms with van der Waals surface area (Å²) >= 11 is 3.30. The zero-order valence-electron chi connectivity index (χ0n) is 10.5. The molecule has 1 aromatic carbocycles. The Morgan fingerprint density at radius 1 is 1.53 bits per heavy atom. The van der Waals surface area contributed by atoms with Gasteiger partial charge in [0.25, 0.3) is 0 Å². The second kappa shape index (κ2) is 6.16. The Labute approximate surface area is 119 Å². The van der Waals surface area contributed by atoms with Crippen molar-refractivity contribution in [3.05, 3.63) is 46.2 Å². The van der Waals surface area contributed by atoms with Crippen molar-refractivity contribution in [3.63, 3.8) is 0 Å². The van der Waals surface area contributed by atoms with Crippen molar-refractivity contribution in [1.82, 2.24) is 9.97 Å². The van der Waals surface area contributed by atoms with Crippen molar-refractivity contribution in [2.24, 2.45) is 5.73 Å². The number of nitrogens with one attached hydrogen (secondary N) is 1. The lowest BCUT2D eigenvalue weighted by Crippen LogP contribution is -2.15. The van der Waals surface area contributed by atoms with Gasteiger partial charge in [-0.05, 0) is 40.5 Å².